The van der Waals surface area contributed by atoms with E-state index in [2.05, 4.69) is 9.88 Å². The van der Waals surface area contributed by atoms with Gasteiger partial charge in [0.15, 0.2) is 5.76 Å². The molecule has 0 saturated carbocycles. The van der Waals surface area contributed by atoms with Crippen LogP contribution in [0, 0.1) is 0 Å². The van der Waals surface area contributed by atoms with Crippen molar-refractivity contribution < 1.29 is 14.0 Å². The number of carbonyl (C=O) groups is 2. The van der Waals surface area contributed by atoms with Gasteiger partial charge in [-0.3, -0.25) is 14.6 Å². The van der Waals surface area contributed by atoms with Crippen molar-refractivity contribution in [2.75, 3.05) is 44.2 Å². The maximum absolute atomic E-state index is 12.9. The van der Waals surface area contributed by atoms with Crippen molar-refractivity contribution in [3.05, 3.63) is 48.2 Å². The molecule has 7 heteroatoms. The Morgan fingerprint density at radius 3 is 2.18 bits per heavy atom. The van der Waals surface area contributed by atoms with Crippen molar-refractivity contribution in [2.24, 2.45) is 0 Å². The van der Waals surface area contributed by atoms with Gasteiger partial charge in [0.2, 0.25) is 0 Å². The van der Waals surface area contributed by atoms with E-state index in [4.69, 9.17) is 4.42 Å². The van der Waals surface area contributed by atoms with E-state index in [9.17, 15) is 9.59 Å². The van der Waals surface area contributed by atoms with Gasteiger partial charge in [-0.05, 0) is 37.1 Å². The van der Waals surface area contributed by atoms with Crippen LogP contribution < -0.4 is 4.90 Å². The number of pyridine rings is 1. The molecule has 2 saturated heterocycles. The van der Waals surface area contributed by atoms with Gasteiger partial charge in [0.1, 0.15) is 5.69 Å². The zero-order valence-corrected chi connectivity index (χ0v) is 16.0. The van der Waals surface area contributed by atoms with Crippen LogP contribution in [-0.2, 0) is 0 Å². The lowest BCUT2D eigenvalue weighted by Crippen LogP contribution is -2.50. The molecule has 0 N–H and O–H groups in total. The van der Waals surface area contributed by atoms with E-state index in [1.54, 1.807) is 28.1 Å². The molecule has 4 rings (SSSR count). The Morgan fingerprint density at radius 2 is 1.54 bits per heavy atom. The Morgan fingerprint density at radius 1 is 0.857 bits per heavy atom. The molecular weight excluding hydrogens is 356 g/mol. The molecule has 28 heavy (non-hydrogen) atoms. The number of hydrogen-bond acceptors (Lipinski definition) is 5. The van der Waals surface area contributed by atoms with Crippen LogP contribution in [0.4, 0.5) is 5.69 Å². The number of piperazine rings is 1. The summed E-state index contributed by atoms with van der Waals surface area (Å²) in [6.07, 6.45) is 8.15. The van der Waals surface area contributed by atoms with Crippen molar-refractivity contribution in [1.29, 1.82) is 0 Å². The summed E-state index contributed by atoms with van der Waals surface area (Å²) in [5, 5.41) is 0. The molecular formula is C21H26N4O3. The molecule has 0 unspecified atom stereocenters. The topological polar surface area (TPSA) is 69.9 Å². The van der Waals surface area contributed by atoms with Gasteiger partial charge in [-0.1, -0.05) is 12.8 Å². The first-order valence-electron chi connectivity index (χ1n) is 10.1. The van der Waals surface area contributed by atoms with Crippen LogP contribution in [-0.4, -0.2) is 65.9 Å². The maximum atomic E-state index is 12.9. The molecule has 0 aliphatic carbocycles. The van der Waals surface area contributed by atoms with Crippen LogP contribution in [0.25, 0.3) is 0 Å². The van der Waals surface area contributed by atoms with Gasteiger partial charge in [0.25, 0.3) is 11.8 Å². The first-order chi connectivity index (χ1) is 13.7. The zero-order valence-electron chi connectivity index (χ0n) is 16.0. The summed E-state index contributed by atoms with van der Waals surface area (Å²) >= 11 is 0. The third-order valence-corrected chi connectivity index (χ3v) is 5.52. The van der Waals surface area contributed by atoms with Gasteiger partial charge < -0.3 is 19.1 Å². The standard InChI is InChI=1S/C21H26N4O3/c26-20(18-16-17(7-8-22-18)23-9-3-1-2-4-10-23)24-11-13-25(14-12-24)21(27)19-6-5-15-28-19/h5-8,15-16H,1-4,9-14H2. The van der Waals surface area contributed by atoms with Crippen LogP contribution in [0.3, 0.4) is 0 Å². The maximum Gasteiger partial charge on any atom is 0.289 e. The number of carbonyl (C=O) groups excluding carboxylic acids is 2. The fraction of sp³-hybridized carbons (Fsp3) is 0.476. The van der Waals surface area contributed by atoms with E-state index in [-0.39, 0.29) is 11.8 Å². The van der Waals surface area contributed by atoms with Crippen LogP contribution in [0.2, 0.25) is 0 Å². The number of aromatic nitrogens is 1. The molecule has 4 heterocycles. The molecule has 0 bridgehead atoms. The second kappa shape index (κ2) is 8.46. The molecule has 2 aliphatic heterocycles. The molecule has 148 valence electrons. The quantitative estimate of drug-likeness (QED) is 0.816. The lowest BCUT2D eigenvalue weighted by Gasteiger charge is -2.34. The second-order valence-electron chi connectivity index (χ2n) is 7.36. The highest BCUT2D eigenvalue weighted by molar-refractivity contribution is 5.94. The largest absolute Gasteiger partial charge is 0.459 e. The molecule has 7 nitrogen and oxygen atoms in total. The monoisotopic (exact) mass is 382 g/mol. The highest BCUT2D eigenvalue weighted by atomic mass is 16.3. The number of hydrogen-bond donors (Lipinski definition) is 0. The molecule has 2 amide bonds. The molecule has 0 spiro atoms. The molecule has 2 fully saturated rings. The summed E-state index contributed by atoms with van der Waals surface area (Å²) in [4.78, 5) is 35.5. The summed E-state index contributed by atoms with van der Waals surface area (Å²) in [5.41, 5.74) is 1.56. The summed E-state index contributed by atoms with van der Waals surface area (Å²) in [6, 6.07) is 7.27. The second-order valence-corrected chi connectivity index (χ2v) is 7.36. The fourth-order valence-corrected chi connectivity index (χ4v) is 3.89. The van der Waals surface area contributed by atoms with Crippen LogP contribution >= 0.6 is 0 Å². The van der Waals surface area contributed by atoms with Gasteiger partial charge in [-0.15, -0.1) is 0 Å². The van der Waals surface area contributed by atoms with Gasteiger partial charge in [0, 0.05) is 51.2 Å². The highest BCUT2D eigenvalue weighted by Gasteiger charge is 2.27. The zero-order chi connectivity index (χ0) is 19.3. The van der Waals surface area contributed by atoms with Gasteiger partial charge in [0.05, 0.1) is 6.26 Å². The molecule has 0 atom stereocenters. The van der Waals surface area contributed by atoms with Crippen LogP contribution in [0.5, 0.6) is 0 Å². The molecule has 2 aromatic rings. The first-order valence-corrected chi connectivity index (χ1v) is 10.1. The van der Waals surface area contributed by atoms with Crippen molar-refractivity contribution in [1.82, 2.24) is 14.8 Å². The Bertz CT molecular complexity index is 805. The third kappa shape index (κ3) is 4.03. The predicted molar refractivity (Wildman–Crippen MR) is 105 cm³/mol. The number of rotatable bonds is 3. The van der Waals surface area contributed by atoms with Crippen molar-refractivity contribution in [2.45, 2.75) is 25.7 Å². The minimum absolute atomic E-state index is 0.0678. The van der Waals surface area contributed by atoms with E-state index >= 15 is 0 Å². The average Bonchev–Trinajstić information content (AvgIpc) is 3.15. The molecule has 2 aliphatic rings. The SMILES string of the molecule is O=C(c1cc(N2CCCCCC2)ccn1)N1CCN(C(=O)c2ccco2)CC1. The highest BCUT2D eigenvalue weighted by Crippen LogP contribution is 2.20. The van der Waals surface area contributed by atoms with E-state index in [1.807, 2.05) is 12.1 Å². The fourth-order valence-electron chi connectivity index (χ4n) is 3.89. The minimum Gasteiger partial charge on any atom is -0.459 e. The van der Waals surface area contributed by atoms with Crippen molar-refractivity contribution in [3.8, 4) is 0 Å². The normalized spacial score (nSPS) is 18.1. The summed E-state index contributed by atoms with van der Waals surface area (Å²) < 4.78 is 5.19. The summed E-state index contributed by atoms with van der Waals surface area (Å²) in [6.45, 7) is 4.06. The number of furan rings is 1. The van der Waals surface area contributed by atoms with Crippen LogP contribution in [0.1, 0.15) is 46.7 Å². The predicted octanol–water partition coefficient (Wildman–Crippen LogP) is 2.65. The lowest BCUT2D eigenvalue weighted by molar-refractivity contribution is 0.0515. The molecule has 2 aromatic heterocycles. The Balaban J connectivity index is 1.38. The summed E-state index contributed by atoms with van der Waals surface area (Å²) in [7, 11) is 0. The van der Waals surface area contributed by atoms with Crippen LogP contribution in [0.15, 0.2) is 41.1 Å². The van der Waals surface area contributed by atoms with Gasteiger partial charge in [-0.25, -0.2) is 0 Å². The molecule has 0 radical (unpaired) electrons. The number of anilines is 1. The Hall–Kier alpha value is -2.83. The smallest absolute Gasteiger partial charge is 0.289 e. The van der Waals surface area contributed by atoms with Gasteiger partial charge >= 0.3 is 0 Å². The Kier molecular flexibility index (Phi) is 5.60. The number of amides is 2. The first kappa shape index (κ1) is 18.5. The van der Waals surface area contributed by atoms with Crippen molar-refractivity contribution in [3.63, 3.8) is 0 Å². The molecule has 0 aromatic carbocycles. The van der Waals surface area contributed by atoms with Gasteiger partial charge in [-0.2, -0.15) is 0 Å². The van der Waals surface area contributed by atoms with E-state index in [0.29, 0.717) is 37.6 Å². The number of nitrogens with zero attached hydrogens (tertiary/aromatic N) is 4. The van der Waals surface area contributed by atoms with E-state index in [1.165, 1.54) is 31.9 Å². The minimum atomic E-state index is -0.126. The average molecular weight is 382 g/mol. The van der Waals surface area contributed by atoms with E-state index < -0.39 is 0 Å². The van der Waals surface area contributed by atoms with E-state index in [0.717, 1.165) is 18.8 Å². The lowest BCUT2D eigenvalue weighted by atomic mass is 10.2. The third-order valence-electron chi connectivity index (χ3n) is 5.52. The van der Waals surface area contributed by atoms with Crippen molar-refractivity contribution >= 4 is 17.5 Å². The Labute approximate surface area is 164 Å². The summed E-state index contributed by atoms with van der Waals surface area (Å²) in [5.74, 6) is 0.145.